The molecule has 4 aromatic rings. The predicted molar refractivity (Wildman–Crippen MR) is 124 cm³/mol. The number of carbonyl (C=O) groups excluding carboxylic acids is 1. The normalized spacial score (nSPS) is 11.5. The molecule has 5 nitrogen and oxygen atoms in total. The first kappa shape index (κ1) is 20.8. The van der Waals surface area contributed by atoms with Crippen molar-refractivity contribution in [2.75, 3.05) is 11.6 Å². The number of rotatable bonds is 4. The Hall–Kier alpha value is -3.51. The lowest BCUT2D eigenvalue weighted by Crippen LogP contribution is -2.14. The lowest BCUT2D eigenvalue weighted by atomic mass is 10.0. The summed E-state index contributed by atoms with van der Waals surface area (Å²) in [4.78, 5) is 18.2. The van der Waals surface area contributed by atoms with Crippen molar-refractivity contribution < 1.29 is 13.2 Å². The van der Waals surface area contributed by atoms with Gasteiger partial charge in [0, 0.05) is 22.9 Å². The number of benzene rings is 3. The van der Waals surface area contributed by atoms with Crippen LogP contribution in [0.25, 0.3) is 22.2 Å². The number of anilines is 1. The number of para-hydroxylation sites is 1. The van der Waals surface area contributed by atoms with E-state index >= 15 is 0 Å². The first-order valence-corrected chi connectivity index (χ1v) is 11.7. The van der Waals surface area contributed by atoms with Crippen LogP contribution in [0, 0.1) is 13.8 Å². The standard InChI is InChI=1S/C25H22N2O3S/c1-16-8-11-18(12-9-16)24-15-21(20-6-4-5-7-22(20)26-24)25(28)27-23-14-19(31(3,29)30)13-10-17(23)2/h4-15H,1-3H3,(H,27,28). The third kappa shape index (κ3) is 4.34. The lowest BCUT2D eigenvalue weighted by molar-refractivity contribution is 0.102. The van der Waals surface area contributed by atoms with Crippen LogP contribution in [0.15, 0.2) is 77.7 Å². The first-order chi connectivity index (χ1) is 14.7. The summed E-state index contributed by atoms with van der Waals surface area (Å²) in [6.45, 7) is 3.84. The number of nitrogens with zero attached hydrogens (tertiary/aromatic N) is 1. The van der Waals surface area contributed by atoms with Crippen LogP contribution in [0.1, 0.15) is 21.5 Å². The Morgan fingerprint density at radius 1 is 0.903 bits per heavy atom. The monoisotopic (exact) mass is 430 g/mol. The number of hydrogen-bond acceptors (Lipinski definition) is 4. The van der Waals surface area contributed by atoms with E-state index in [1.807, 2.05) is 62.4 Å². The van der Waals surface area contributed by atoms with Gasteiger partial charge in [-0.1, -0.05) is 54.1 Å². The Morgan fingerprint density at radius 3 is 2.32 bits per heavy atom. The molecule has 0 aliphatic heterocycles. The Labute approximate surface area is 181 Å². The van der Waals surface area contributed by atoms with Crippen molar-refractivity contribution >= 4 is 32.3 Å². The molecule has 6 heteroatoms. The average Bonchev–Trinajstić information content (AvgIpc) is 2.74. The van der Waals surface area contributed by atoms with Gasteiger partial charge >= 0.3 is 0 Å². The van der Waals surface area contributed by atoms with E-state index in [0.29, 0.717) is 22.5 Å². The highest BCUT2D eigenvalue weighted by molar-refractivity contribution is 7.90. The number of hydrogen-bond donors (Lipinski definition) is 1. The van der Waals surface area contributed by atoms with E-state index in [-0.39, 0.29) is 10.8 Å². The Morgan fingerprint density at radius 2 is 1.61 bits per heavy atom. The zero-order valence-corrected chi connectivity index (χ0v) is 18.3. The molecule has 0 saturated heterocycles. The molecule has 0 spiro atoms. The zero-order chi connectivity index (χ0) is 22.2. The molecule has 31 heavy (non-hydrogen) atoms. The van der Waals surface area contributed by atoms with E-state index in [1.54, 1.807) is 12.1 Å². The van der Waals surface area contributed by atoms with Crippen LogP contribution in [-0.4, -0.2) is 25.6 Å². The number of aromatic nitrogens is 1. The van der Waals surface area contributed by atoms with Gasteiger partial charge in [0.2, 0.25) is 0 Å². The topological polar surface area (TPSA) is 76.1 Å². The Kier molecular flexibility index (Phi) is 5.33. The highest BCUT2D eigenvalue weighted by Gasteiger charge is 2.16. The summed E-state index contributed by atoms with van der Waals surface area (Å²) in [5, 5.41) is 3.62. The molecule has 1 aromatic heterocycles. The van der Waals surface area contributed by atoms with Gasteiger partial charge in [0.15, 0.2) is 9.84 Å². The lowest BCUT2D eigenvalue weighted by Gasteiger charge is -2.13. The molecular weight excluding hydrogens is 408 g/mol. The van der Waals surface area contributed by atoms with Gasteiger partial charge in [0.05, 0.1) is 21.7 Å². The van der Waals surface area contributed by atoms with Gasteiger partial charge in [-0.15, -0.1) is 0 Å². The molecular formula is C25H22N2O3S. The van der Waals surface area contributed by atoms with E-state index in [0.717, 1.165) is 28.3 Å². The van der Waals surface area contributed by atoms with Crippen molar-refractivity contribution in [2.45, 2.75) is 18.7 Å². The number of fused-ring (bicyclic) bond motifs is 1. The van der Waals surface area contributed by atoms with Gasteiger partial charge in [0.1, 0.15) is 0 Å². The van der Waals surface area contributed by atoms with Crippen molar-refractivity contribution in [2.24, 2.45) is 0 Å². The second-order valence-corrected chi connectivity index (χ2v) is 9.66. The molecule has 3 aromatic carbocycles. The van der Waals surface area contributed by atoms with Gasteiger partial charge in [-0.3, -0.25) is 4.79 Å². The Bertz CT molecular complexity index is 1410. The minimum Gasteiger partial charge on any atom is -0.322 e. The summed E-state index contributed by atoms with van der Waals surface area (Å²) >= 11 is 0. The summed E-state index contributed by atoms with van der Waals surface area (Å²) in [5.74, 6) is -0.319. The van der Waals surface area contributed by atoms with Gasteiger partial charge in [0.25, 0.3) is 5.91 Å². The highest BCUT2D eigenvalue weighted by atomic mass is 32.2. The van der Waals surface area contributed by atoms with Crippen LogP contribution in [0.4, 0.5) is 5.69 Å². The summed E-state index contributed by atoms with van der Waals surface area (Å²) in [6.07, 6.45) is 1.15. The maximum absolute atomic E-state index is 13.3. The summed E-state index contributed by atoms with van der Waals surface area (Å²) in [7, 11) is -3.38. The van der Waals surface area contributed by atoms with Crippen molar-refractivity contribution in [3.05, 3.63) is 89.5 Å². The maximum Gasteiger partial charge on any atom is 0.256 e. The fraction of sp³-hybridized carbons (Fsp3) is 0.120. The van der Waals surface area contributed by atoms with Crippen LogP contribution >= 0.6 is 0 Å². The van der Waals surface area contributed by atoms with E-state index in [1.165, 1.54) is 12.1 Å². The summed E-state index contributed by atoms with van der Waals surface area (Å²) in [5.41, 5.74) is 5.19. The average molecular weight is 431 g/mol. The number of amides is 1. The van der Waals surface area contributed by atoms with Crippen molar-refractivity contribution in [1.82, 2.24) is 4.98 Å². The molecule has 1 N–H and O–H groups in total. The van der Waals surface area contributed by atoms with Gasteiger partial charge in [-0.25, -0.2) is 13.4 Å². The van der Waals surface area contributed by atoms with Crippen molar-refractivity contribution in [3.8, 4) is 11.3 Å². The largest absolute Gasteiger partial charge is 0.322 e. The zero-order valence-electron chi connectivity index (χ0n) is 17.5. The molecule has 0 saturated carbocycles. The molecule has 156 valence electrons. The summed E-state index contributed by atoms with van der Waals surface area (Å²) < 4.78 is 23.9. The number of nitrogens with one attached hydrogen (secondary N) is 1. The van der Waals surface area contributed by atoms with Crippen LogP contribution in [-0.2, 0) is 9.84 Å². The second-order valence-electron chi connectivity index (χ2n) is 7.64. The van der Waals surface area contributed by atoms with Crippen molar-refractivity contribution in [1.29, 1.82) is 0 Å². The fourth-order valence-electron chi connectivity index (χ4n) is 3.39. The van der Waals surface area contributed by atoms with E-state index in [9.17, 15) is 13.2 Å². The highest BCUT2D eigenvalue weighted by Crippen LogP contribution is 2.27. The smallest absolute Gasteiger partial charge is 0.256 e. The third-order valence-corrected chi connectivity index (χ3v) is 6.30. The minimum atomic E-state index is -3.38. The third-order valence-electron chi connectivity index (χ3n) is 5.19. The molecule has 1 heterocycles. The van der Waals surface area contributed by atoms with E-state index in [2.05, 4.69) is 5.32 Å². The number of sulfone groups is 1. The fourth-order valence-corrected chi connectivity index (χ4v) is 4.04. The van der Waals surface area contributed by atoms with Crippen LogP contribution < -0.4 is 5.32 Å². The van der Waals surface area contributed by atoms with Gasteiger partial charge in [-0.2, -0.15) is 0 Å². The number of aryl methyl sites for hydroxylation is 2. The molecule has 0 atom stereocenters. The van der Waals surface area contributed by atoms with E-state index < -0.39 is 9.84 Å². The van der Waals surface area contributed by atoms with Crippen LogP contribution in [0.2, 0.25) is 0 Å². The number of pyridine rings is 1. The molecule has 0 unspecified atom stereocenters. The SMILES string of the molecule is Cc1ccc(-c2cc(C(=O)Nc3cc(S(C)(=O)=O)ccc3C)c3ccccc3n2)cc1. The molecule has 0 radical (unpaired) electrons. The molecule has 0 aliphatic carbocycles. The van der Waals surface area contributed by atoms with Crippen molar-refractivity contribution in [3.63, 3.8) is 0 Å². The van der Waals surface area contributed by atoms with Gasteiger partial charge < -0.3 is 5.32 Å². The molecule has 1 amide bonds. The molecule has 0 aliphatic rings. The first-order valence-electron chi connectivity index (χ1n) is 9.81. The second kappa shape index (κ2) is 7.96. The Balaban J connectivity index is 1.80. The predicted octanol–water partition coefficient (Wildman–Crippen LogP) is 5.17. The van der Waals surface area contributed by atoms with E-state index in [4.69, 9.17) is 4.98 Å². The molecule has 0 fully saturated rings. The van der Waals surface area contributed by atoms with Crippen LogP contribution in [0.5, 0.6) is 0 Å². The van der Waals surface area contributed by atoms with Gasteiger partial charge in [-0.05, 0) is 43.7 Å². The molecule has 4 rings (SSSR count). The minimum absolute atomic E-state index is 0.160. The summed E-state index contributed by atoms with van der Waals surface area (Å²) in [6, 6.07) is 21.9. The quantitative estimate of drug-likeness (QED) is 0.484. The van der Waals surface area contributed by atoms with Crippen LogP contribution in [0.3, 0.4) is 0 Å². The maximum atomic E-state index is 13.3. The number of carbonyl (C=O) groups is 1. The molecule has 0 bridgehead atoms.